The minimum Gasteiger partial charge on any atom is -0.397 e. The first-order valence-corrected chi connectivity index (χ1v) is 6.26. The summed E-state index contributed by atoms with van der Waals surface area (Å²) in [5.74, 6) is -2.03. The minimum absolute atomic E-state index is 0.150. The van der Waals surface area contributed by atoms with Crippen molar-refractivity contribution < 1.29 is 17.2 Å². The van der Waals surface area contributed by atoms with Gasteiger partial charge in [-0.05, 0) is 12.5 Å². The zero-order valence-electron chi connectivity index (χ0n) is 8.63. The predicted octanol–water partition coefficient (Wildman–Crippen LogP) is 1.70. The number of sulfonamides is 1. The van der Waals surface area contributed by atoms with Crippen LogP contribution in [0.5, 0.6) is 0 Å². The van der Waals surface area contributed by atoms with E-state index in [0.717, 1.165) is 6.07 Å². The van der Waals surface area contributed by atoms with Gasteiger partial charge < -0.3 is 5.73 Å². The second-order valence-electron chi connectivity index (χ2n) is 3.27. The Balaban J connectivity index is 3.07. The normalized spacial score (nSPS) is 11.4. The number of hydrogen-bond acceptors (Lipinski definition) is 3. The molecule has 1 aromatic rings. The fourth-order valence-corrected chi connectivity index (χ4v) is 2.34. The lowest BCUT2D eigenvalue weighted by atomic mass is 10.2. The molecule has 0 heterocycles. The van der Waals surface area contributed by atoms with Crippen LogP contribution in [0.3, 0.4) is 0 Å². The molecule has 0 aliphatic heterocycles. The number of rotatable bonds is 4. The van der Waals surface area contributed by atoms with E-state index in [2.05, 4.69) is 0 Å². The van der Waals surface area contributed by atoms with Crippen molar-refractivity contribution in [2.75, 3.05) is 16.2 Å². The largest absolute Gasteiger partial charge is 0.397 e. The average molecular weight is 250 g/mol. The first-order valence-electron chi connectivity index (χ1n) is 4.60. The van der Waals surface area contributed by atoms with Crippen LogP contribution in [0, 0.1) is 11.6 Å². The zero-order valence-corrected chi connectivity index (χ0v) is 9.44. The molecule has 0 spiro atoms. The third kappa shape index (κ3) is 3.06. The number of nitrogens with one attached hydrogen (secondary N) is 1. The Hall–Kier alpha value is -1.37. The molecule has 4 nitrogen and oxygen atoms in total. The highest BCUT2D eigenvalue weighted by molar-refractivity contribution is 7.92. The van der Waals surface area contributed by atoms with Gasteiger partial charge in [0.2, 0.25) is 10.0 Å². The fourth-order valence-electron chi connectivity index (χ4n) is 1.18. The number of hydrogen-bond donors (Lipinski definition) is 2. The first-order chi connectivity index (χ1) is 7.35. The number of nitrogen functional groups attached to an aromatic ring is 1. The summed E-state index contributed by atoms with van der Waals surface area (Å²) in [6.07, 6.45) is 0.387. The third-order valence-corrected chi connectivity index (χ3v) is 3.28. The van der Waals surface area contributed by atoms with Crippen LogP contribution in [0.2, 0.25) is 0 Å². The highest BCUT2D eigenvalue weighted by atomic mass is 32.2. The standard InChI is InChI=1S/C9H12F2N2O2S/c1-2-3-16(14,15)13-9-7(11)4-6(10)5-8(9)12/h4-5,13H,2-3,12H2,1H3. The van der Waals surface area contributed by atoms with E-state index in [1.54, 1.807) is 6.92 Å². The summed E-state index contributed by atoms with van der Waals surface area (Å²) in [6.45, 7) is 1.67. The summed E-state index contributed by atoms with van der Waals surface area (Å²) >= 11 is 0. The smallest absolute Gasteiger partial charge is 0.232 e. The minimum atomic E-state index is -3.63. The molecule has 0 aromatic heterocycles. The summed E-state index contributed by atoms with van der Waals surface area (Å²) in [5, 5.41) is 0. The highest BCUT2D eigenvalue weighted by Crippen LogP contribution is 2.24. The number of benzene rings is 1. The molecule has 16 heavy (non-hydrogen) atoms. The number of anilines is 2. The van der Waals surface area contributed by atoms with Gasteiger partial charge in [0.25, 0.3) is 0 Å². The molecule has 0 aliphatic rings. The van der Waals surface area contributed by atoms with Crippen LogP contribution in [-0.4, -0.2) is 14.2 Å². The Labute approximate surface area is 92.5 Å². The summed E-state index contributed by atoms with van der Waals surface area (Å²) in [7, 11) is -3.63. The maximum atomic E-state index is 13.2. The first kappa shape index (κ1) is 12.7. The molecule has 0 bridgehead atoms. The zero-order chi connectivity index (χ0) is 12.3. The lowest BCUT2D eigenvalue weighted by Gasteiger charge is -2.10. The molecule has 0 saturated heterocycles. The molecule has 0 amide bonds. The molecule has 1 aromatic carbocycles. The molecule has 0 aliphatic carbocycles. The lowest BCUT2D eigenvalue weighted by Crippen LogP contribution is -2.18. The maximum Gasteiger partial charge on any atom is 0.232 e. The van der Waals surface area contributed by atoms with Gasteiger partial charge in [-0.25, -0.2) is 17.2 Å². The van der Waals surface area contributed by atoms with E-state index in [1.807, 2.05) is 4.72 Å². The van der Waals surface area contributed by atoms with Gasteiger partial charge in [-0.3, -0.25) is 4.72 Å². The SMILES string of the molecule is CCCS(=O)(=O)Nc1c(N)cc(F)cc1F. The predicted molar refractivity (Wildman–Crippen MR) is 58.5 cm³/mol. The van der Waals surface area contributed by atoms with Crippen molar-refractivity contribution in [1.29, 1.82) is 0 Å². The van der Waals surface area contributed by atoms with Crippen molar-refractivity contribution in [3.05, 3.63) is 23.8 Å². The van der Waals surface area contributed by atoms with Crippen molar-refractivity contribution >= 4 is 21.4 Å². The Morgan fingerprint density at radius 2 is 2.00 bits per heavy atom. The Kier molecular flexibility index (Phi) is 3.69. The van der Waals surface area contributed by atoms with Crippen molar-refractivity contribution in [1.82, 2.24) is 0 Å². The monoisotopic (exact) mass is 250 g/mol. The molecular formula is C9H12F2N2O2S. The highest BCUT2D eigenvalue weighted by Gasteiger charge is 2.15. The van der Waals surface area contributed by atoms with E-state index in [9.17, 15) is 17.2 Å². The van der Waals surface area contributed by atoms with Crippen LogP contribution in [0.1, 0.15) is 13.3 Å². The Morgan fingerprint density at radius 3 is 2.50 bits per heavy atom. The molecule has 90 valence electrons. The molecule has 7 heteroatoms. The van der Waals surface area contributed by atoms with E-state index in [0.29, 0.717) is 12.5 Å². The van der Waals surface area contributed by atoms with E-state index >= 15 is 0 Å². The van der Waals surface area contributed by atoms with Crippen LogP contribution in [0.15, 0.2) is 12.1 Å². The van der Waals surface area contributed by atoms with E-state index in [4.69, 9.17) is 5.73 Å². The van der Waals surface area contributed by atoms with Gasteiger partial charge in [0.05, 0.1) is 11.4 Å². The van der Waals surface area contributed by atoms with Crippen LogP contribution >= 0.6 is 0 Å². The molecule has 0 fully saturated rings. The van der Waals surface area contributed by atoms with Crippen LogP contribution in [0.25, 0.3) is 0 Å². The van der Waals surface area contributed by atoms with E-state index in [-0.39, 0.29) is 11.4 Å². The van der Waals surface area contributed by atoms with Crippen LogP contribution in [-0.2, 0) is 10.0 Å². The Morgan fingerprint density at radius 1 is 1.38 bits per heavy atom. The quantitative estimate of drug-likeness (QED) is 0.799. The van der Waals surface area contributed by atoms with E-state index in [1.165, 1.54) is 0 Å². The maximum absolute atomic E-state index is 13.2. The lowest BCUT2D eigenvalue weighted by molar-refractivity contribution is 0.583. The van der Waals surface area contributed by atoms with Crippen molar-refractivity contribution in [3.8, 4) is 0 Å². The number of halogens is 2. The van der Waals surface area contributed by atoms with Gasteiger partial charge in [0.15, 0.2) is 5.82 Å². The molecular weight excluding hydrogens is 238 g/mol. The van der Waals surface area contributed by atoms with Gasteiger partial charge in [-0.1, -0.05) is 6.92 Å². The summed E-state index contributed by atoms with van der Waals surface area (Å²) < 4.78 is 50.6. The van der Waals surface area contributed by atoms with Crippen molar-refractivity contribution in [3.63, 3.8) is 0 Å². The Bertz CT molecular complexity index is 465. The molecule has 0 atom stereocenters. The molecule has 0 unspecified atom stereocenters. The van der Waals surface area contributed by atoms with Crippen molar-refractivity contribution in [2.24, 2.45) is 0 Å². The average Bonchev–Trinajstić information content (AvgIpc) is 2.11. The second-order valence-corrected chi connectivity index (χ2v) is 5.11. The van der Waals surface area contributed by atoms with Gasteiger partial charge >= 0.3 is 0 Å². The summed E-state index contributed by atoms with van der Waals surface area (Å²) in [6, 6.07) is 1.42. The third-order valence-electron chi connectivity index (χ3n) is 1.82. The summed E-state index contributed by atoms with van der Waals surface area (Å²) in [5.41, 5.74) is 4.63. The second kappa shape index (κ2) is 4.65. The number of nitrogens with two attached hydrogens (primary N) is 1. The van der Waals surface area contributed by atoms with Crippen molar-refractivity contribution in [2.45, 2.75) is 13.3 Å². The van der Waals surface area contributed by atoms with Gasteiger partial charge in [-0.15, -0.1) is 0 Å². The summed E-state index contributed by atoms with van der Waals surface area (Å²) in [4.78, 5) is 0. The van der Waals surface area contributed by atoms with Gasteiger partial charge in [0, 0.05) is 6.07 Å². The van der Waals surface area contributed by atoms with Gasteiger partial charge in [-0.2, -0.15) is 0 Å². The molecule has 0 saturated carbocycles. The molecule has 0 radical (unpaired) electrons. The molecule has 1 rings (SSSR count). The fraction of sp³-hybridized carbons (Fsp3) is 0.333. The van der Waals surface area contributed by atoms with Gasteiger partial charge in [0.1, 0.15) is 11.5 Å². The molecule has 3 N–H and O–H groups in total. The van der Waals surface area contributed by atoms with Crippen LogP contribution in [0.4, 0.5) is 20.2 Å². The topological polar surface area (TPSA) is 72.2 Å². The van der Waals surface area contributed by atoms with Crippen LogP contribution < -0.4 is 10.5 Å². The van der Waals surface area contributed by atoms with E-state index < -0.39 is 27.3 Å².